The summed E-state index contributed by atoms with van der Waals surface area (Å²) in [5.41, 5.74) is 2.35. The van der Waals surface area contributed by atoms with Crippen molar-refractivity contribution in [2.75, 3.05) is 24.7 Å². The molecule has 1 N–H and O–H groups in total. The Bertz CT molecular complexity index is 1210. The molecular formula is C23H28N4O3S2. The number of benzene rings is 2. The van der Waals surface area contributed by atoms with E-state index in [9.17, 15) is 13.2 Å². The van der Waals surface area contributed by atoms with Crippen molar-refractivity contribution in [3.05, 3.63) is 54.4 Å². The number of nitrogens with zero attached hydrogens (tertiary/aromatic N) is 3. The van der Waals surface area contributed by atoms with Gasteiger partial charge in [0.1, 0.15) is 12.4 Å². The molecule has 32 heavy (non-hydrogen) atoms. The van der Waals surface area contributed by atoms with E-state index in [1.165, 1.54) is 0 Å². The maximum Gasteiger partial charge on any atom is 0.244 e. The van der Waals surface area contributed by atoms with E-state index >= 15 is 0 Å². The molecule has 0 radical (unpaired) electrons. The Morgan fingerprint density at radius 2 is 1.94 bits per heavy atom. The van der Waals surface area contributed by atoms with E-state index in [-0.39, 0.29) is 17.3 Å². The minimum Gasteiger partial charge on any atom is -0.325 e. The number of amides is 1. The second-order valence-corrected chi connectivity index (χ2v) is 11.0. The van der Waals surface area contributed by atoms with Gasteiger partial charge in [0, 0.05) is 18.8 Å². The zero-order valence-corrected chi connectivity index (χ0v) is 20.0. The summed E-state index contributed by atoms with van der Waals surface area (Å²) in [6.07, 6.45) is 3.95. The molecule has 9 heteroatoms. The first-order chi connectivity index (χ1) is 15.4. The Kier molecular flexibility index (Phi) is 6.88. The van der Waals surface area contributed by atoms with Gasteiger partial charge >= 0.3 is 0 Å². The van der Waals surface area contributed by atoms with Crippen LogP contribution in [-0.4, -0.2) is 47.5 Å². The van der Waals surface area contributed by atoms with Gasteiger partial charge in [-0.05, 0) is 61.4 Å². The van der Waals surface area contributed by atoms with E-state index in [1.54, 1.807) is 40.3 Å². The summed E-state index contributed by atoms with van der Waals surface area (Å²) >= 11 is 1.65. The van der Waals surface area contributed by atoms with E-state index < -0.39 is 10.0 Å². The van der Waals surface area contributed by atoms with Crippen LogP contribution in [0.4, 0.5) is 5.69 Å². The SMILES string of the molecule is CSCc1nc2ccccc2n1CC(=O)Nc1ccc(S(=O)(=O)N2CCCC(C)C2)cc1. The highest BCUT2D eigenvalue weighted by Gasteiger charge is 2.28. The van der Waals surface area contributed by atoms with E-state index in [2.05, 4.69) is 17.2 Å². The van der Waals surface area contributed by atoms with Crippen LogP contribution in [0.3, 0.4) is 0 Å². The average molecular weight is 473 g/mol. The Labute approximate surface area is 193 Å². The molecule has 1 amide bonds. The number of piperidine rings is 1. The van der Waals surface area contributed by atoms with Crippen LogP contribution in [0.15, 0.2) is 53.4 Å². The summed E-state index contributed by atoms with van der Waals surface area (Å²) in [4.78, 5) is 17.7. The van der Waals surface area contributed by atoms with Crippen LogP contribution in [0, 0.1) is 5.92 Å². The molecule has 1 aromatic heterocycles. The van der Waals surface area contributed by atoms with Gasteiger partial charge in [0.15, 0.2) is 0 Å². The van der Waals surface area contributed by atoms with Gasteiger partial charge in [-0.2, -0.15) is 16.1 Å². The van der Waals surface area contributed by atoms with Crippen molar-refractivity contribution in [1.29, 1.82) is 0 Å². The third-order valence-corrected chi connectivity index (χ3v) is 8.13. The molecule has 1 fully saturated rings. The summed E-state index contributed by atoms with van der Waals surface area (Å²) in [5, 5.41) is 2.88. The standard InChI is InChI=1S/C23H28N4O3S2/c1-17-6-5-13-26(14-17)32(29,30)19-11-9-18(10-12-19)24-23(28)15-27-21-8-4-3-7-20(21)25-22(27)16-31-2/h3-4,7-12,17H,5-6,13-16H2,1-2H3,(H,24,28). The molecule has 1 unspecified atom stereocenters. The van der Waals surface area contributed by atoms with Crippen LogP contribution in [0.2, 0.25) is 0 Å². The lowest BCUT2D eigenvalue weighted by Crippen LogP contribution is -2.39. The van der Waals surface area contributed by atoms with Crippen LogP contribution >= 0.6 is 11.8 Å². The second-order valence-electron chi connectivity index (χ2n) is 8.22. The predicted molar refractivity (Wildman–Crippen MR) is 129 cm³/mol. The van der Waals surface area contributed by atoms with Crippen LogP contribution < -0.4 is 5.32 Å². The number of sulfonamides is 1. The number of para-hydroxylation sites is 2. The number of fused-ring (bicyclic) bond motifs is 1. The highest BCUT2D eigenvalue weighted by Crippen LogP contribution is 2.24. The number of hydrogen-bond donors (Lipinski definition) is 1. The van der Waals surface area contributed by atoms with Crippen molar-refractivity contribution >= 4 is 44.4 Å². The third kappa shape index (κ3) is 4.84. The summed E-state index contributed by atoms with van der Waals surface area (Å²) < 4.78 is 29.3. The first-order valence-electron chi connectivity index (χ1n) is 10.7. The van der Waals surface area contributed by atoms with Crippen LogP contribution in [0.1, 0.15) is 25.6 Å². The Morgan fingerprint density at radius 3 is 2.66 bits per heavy atom. The number of hydrogen-bond acceptors (Lipinski definition) is 5. The minimum absolute atomic E-state index is 0.141. The molecule has 170 valence electrons. The maximum atomic E-state index is 12.9. The molecule has 2 heterocycles. The zero-order valence-electron chi connectivity index (χ0n) is 18.3. The Balaban J connectivity index is 1.47. The van der Waals surface area contributed by atoms with Crippen molar-refractivity contribution in [1.82, 2.24) is 13.9 Å². The molecule has 1 atom stereocenters. The van der Waals surface area contributed by atoms with Crippen molar-refractivity contribution in [3.8, 4) is 0 Å². The highest BCUT2D eigenvalue weighted by molar-refractivity contribution is 7.97. The fourth-order valence-electron chi connectivity index (χ4n) is 4.11. The molecule has 0 saturated carbocycles. The van der Waals surface area contributed by atoms with Crippen molar-refractivity contribution < 1.29 is 13.2 Å². The summed E-state index contributed by atoms with van der Waals surface area (Å²) in [6, 6.07) is 14.2. The molecule has 0 spiro atoms. The molecule has 3 aromatic rings. The zero-order chi connectivity index (χ0) is 22.7. The lowest BCUT2D eigenvalue weighted by atomic mass is 10.0. The van der Waals surface area contributed by atoms with E-state index in [0.29, 0.717) is 30.4 Å². The van der Waals surface area contributed by atoms with E-state index in [0.717, 1.165) is 29.7 Å². The molecule has 1 aliphatic rings. The summed E-state index contributed by atoms with van der Waals surface area (Å²) in [7, 11) is -3.51. The summed E-state index contributed by atoms with van der Waals surface area (Å²) in [5.74, 6) is 1.75. The number of thioether (sulfide) groups is 1. The van der Waals surface area contributed by atoms with Gasteiger partial charge in [-0.25, -0.2) is 13.4 Å². The molecule has 0 aliphatic carbocycles. The second kappa shape index (κ2) is 9.64. The number of aromatic nitrogens is 2. The Hall–Kier alpha value is -2.36. The molecule has 1 aliphatic heterocycles. The first-order valence-corrected chi connectivity index (χ1v) is 13.5. The van der Waals surface area contributed by atoms with Gasteiger partial charge in [-0.1, -0.05) is 19.1 Å². The molecule has 1 saturated heterocycles. The lowest BCUT2D eigenvalue weighted by Gasteiger charge is -2.30. The molecule has 0 bridgehead atoms. The van der Waals surface area contributed by atoms with Gasteiger partial charge in [0.2, 0.25) is 15.9 Å². The third-order valence-electron chi connectivity index (χ3n) is 5.70. The van der Waals surface area contributed by atoms with Gasteiger partial charge in [-0.3, -0.25) is 4.79 Å². The molecule has 7 nitrogen and oxygen atoms in total. The number of nitrogens with one attached hydrogen (secondary N) is 1. The van der Waals surface area contributed by atoms with Gasteiger partial charge in [-0.15, -0.1) is 0 Å². The monoisotopic (exact) mass is 472 g/mol. The maximum absolute atomic E-state index is 12.9. The first kappa shape index (κ1) is 22.8. The number of rotatable bonds is 7. The molecule has 2 aromatic carbocycles. The topological polar surface area (TPSA) is 84.3 Å². The number of imidazole rings is 1. The number of carbonyl (C=O) groups excluding carboxylic acids is 1. The number of anilines is 1. The van der Waals surface area contributed by atoms with Crippen molar-refractivity contribution in [3.63, 3.8) is 0 Å². The Morgan fingerprint density at radius 1 is 1.19 bits per heavy atom. The quantitative estimate of drug-likeness (QED) is 0.563. The predicted octanol–water partition coefficient (Wildman–Crippen LogP) is 3.96. The number of carbonyl (C=O) groups is 1. The summed E-state index contributed by atoms with van der Waals surface area (Å²) in [6.45, 7) is 3.33. The normalized spacial score (nSPS) is 17.5. The van der Waals surface area contributed by atoms with Gasteiger partial charge < -0.3 is 9.88 Å². The fourth-order valence-corrected chi connectivity index (χ4v) is 6.19. The average Bonchev–Trinajstić information content (AvgIpc) is 3.11. The van der Waals surface area contributed by atoms with Crippen molar-refractivity contribution in [2.45, 2.75) is 37.0 Å². The molecule has 4 rings (SSSR count). The van der Waals surface area contributed by atoms with Gasteiger partial charge in [0.05, 0.1) is 21.7 Å². The van der Waals surface area contributed by atoms with Gasteiger partial charge in [0.25, 0.3) is 0 Å². The largest absolute Gasteiger partial charge is 0.325 e. The van der Waals surface area contributed by atoms with Crippen LogP contribution in [0.25, 0.3) is 11.0 Å². The highest BCUT2D eigenvalue weighted by atomic mass is 32.2. The van der Waals surface area contributed by atoms with Crippen molar-refractivity contribution in [2.24, 2.45) is 5.92 Å². The lowest BCUT2D eigenvalue weighted by molar-refractivity contribution is -0.116. The van der Waals surface area contributed by atoms with Crippen LogP contribution in [0.5, 0.6) is 0 Å². The smallest absolute Gasteiger partial charge is 0.244 e. The minimum atomic E-state index is -3.51. The molecular weight excluding hydrogens is 444 g/mol. The van der Waals surface area contributed by atoms with E-state index in [1.807, 2.05) is 35.1 Å². The van der Waals surface area contributed by atoms with Crippen LogP contribution in [-0.2, 0) is 27.1 Å². The fraction of sp³-hybridized carbons (Fsp3) is 0.391. The van der Waals surface area contributed by atoms with E-state index in [4.69, 9.17) is 0 Å².